The molecular formula is C13H15N5S2. The van der Waals surface area contributed by atoms with Gasteiger partial charge < -0.3 is 15.5 Å². The molecule has 104 valence electrons. The Bertz CT molecular complexity index is 591. The summed E-state index contributed by atoms with van der Waals surface area (Å²) in [6, 6.07) is 3.95. The van der Waals surface area contributed by atoms with Crippen LogP contribution in [0.2, 0.25) is 0 Å². The van der Waals surface area contributed by atoms with E-state index in [-0.39, 0.29) is 0 Å². The number of thiazole rings is 1. The summed E-state index contributed by atoms with van der Waals surface area (Å²) in [5.74, 6) is 0. The summed E-state index contributed by atoms with van der Waals surface area (Å²) in [7, 11) is 0. The van der Waals surface area contributed by atoms with Gasteiger partial charge in [-0.1, -0.05) is 12.2 Å². The van der Waals surface area contributed by atoms with Crippen molar-refractivity contribution in [2.75, 3.05) is 36.0 Å². The van der Waals surface area contributed by atoms with Crippen molar-refractivity contribution in [1.82, 2.24) is 9.97 Å². The van der Waals surface area contributed by atoms with E-state index >= 15 is 0 Å². The molecule has 0 amide bonds. The Morgan fingerprint density at radius 1 is 1.15 bits per heavy atom. The minimum Gasteiger partial charge on any atom is -0.388 e. The highest BCUT2D eigenvalue weighted by molar-refractivity contribution is 7.80. The van der Waals surface area contributed by atoms with Crippen molar-refractivity contribution in [3.8, 4) is 0 Å². The van der Waals surface area contributed by atoms with Crippen LogP contribution >= 0.6 is 23.6 Å². The topological polar surface area (TPSA) is 58.3 Å². The summed E-state index contributed by atoms with van der Waals surface area (Å²) in [5, 5.41) is 3.10. The van der Waals surface area contributed by atoms with Crippen molar-refractivity contribution in [3.63, 3.8) is 0 Å². The number of hydrogen-bond acceptors (Lipinski definition) is 6. The molecule has 0 unspecified atom stereocenters. The van der Waals surface area contributed by atoms with Gasteiger partial charge in [-0.3, -0.25) is 4.98 Å². The van der Waals surface area contributed by atoms with Gasteiger partial charge in [0.15, 0.2) is 5.13 Å². The Morgan fingerprint density at radius 3 is 2.55 bits per heavy atom. The smallest absolute Gasteiger partial charge is 0.185 e. The molecule has 2 aromatic rings. The fourth-order valence-electron chi connectivity index (χ4n) is 2.35. The molecule has 1 fully saturated rings. The van der Waals surface area contributed by atoms with E-state index in [4.69, 9.17) is 18.0 Å². The van der Waals surface area contributed by atoms with Gasteiger partial charge in [0.2, 0.25) is 0 Å². The Hall–Kier alpha value is -1.73. The van der Waals surface area contributed by atoms with Crippen LogP contribution in [0.1, 0.15) is 5.69 Å². The summed E-state index contributed by atoms with van der Waals surface area (Å²) in [6.07, 6.45) is 3.57. The van der Waals surface area contributed by atoms with Crippen LogP contribution in [0, 0.1) is 0 Å². The van der Waals surface area contributed by atoms with Crippen molar-refractivity contribution >= 4 is 39.4 Å². The first kappa shape index (κ1) is 13.3. The monoisotopic (exact) mass is 305 g/mol. The van der Waals surface area contributed by atoms with Gasteiger partial charge in [-0.15, -0.1) is 11.3 Å². The molecule has 5 nitrogen and oxygen atoms in total. The second kappa shape index (κ2) is 5.72. The van der Waals surface area contributed by atoms with E-state index in [2.05, 4.69) is 19.8 Å². The van der Waals surface area contributed by atoms with E-state index in [1.54, 1.807) is 17.5 Å². The van der Waals surface area contributed by atoms with Crippen molar-refractivity contribution in [1.29, 1.82) is 0 Å². The number of hydrogen-bond donors (Lipinski definition) is 1. The summed E-state index contributed by atoms with van der Waals surface area (Å²) < 4.78 is 0. The molecule has 2 N–H and O–H groups in total. The van der Waals surface area contributed by atoms with Crippen LogP contribution in [0.5, 0.6) is 0 Å². The van der Waals surface area contributed by atoms with Gasteiger partial charge in [-0.05, 0) is 12.1 Å². The van der Waals surface area contributed by atoms with Crippen molar-refractivity contribution < 1.29 is 0 Å². The zero-order chi connectivity index (χ0) is 13.9. The SMILES string of the molecule is NC(=S)c1ncccc1N1CCN(c2nccs2)CC1. The number of nitrogens with two attached hydrogens (primary N) is 1. The molecule has 3 heterocycles. The molecule has 0 aromatic carbocycles. The van der Waals surface area contributed by atoms with Crippen LogP contribution in [-0.2, 0) is 0 Å². The van der Waals surface area contributed by atoms with Crippen LogP contribution in [0.4, 0.5) is 10.8 Å². The minimum absolute atomic E-state index is 0.350. The third kappa shape index (κ3) is 2.59. The molecule has 0 radical (unpaired) electrons. The highest BCUT2D eigenvalue weighted by atomic mass is 32.1. The summed E-state index contributed by atoms with van der Waals surface area (Å²) in [5.41, 5.74) is 7.49. The van der Waals surface area contributed by atoms with Crippen LogP contribution in [0.25, 0.3) is 0 Å². The predicted molar refractivity (Wildman–Crippen MR) is 86.7 cm³/mol. The van der Waals surface area contributed by atoms with Gasteiger partial charge in [-0.2, -0.15) is 0 Å². The Morgan fingerprint density at radius 2 is 1.90 bits per heavy atom. The van der Waals surface area contributed by atoms with Crippen molar-refractivity contribution in [2.24, 2.45) is 5.73 Å². The van der Waals surface area contributed by atoms with E-state index in [1.807, 2.05) is 23.7 Å². The lowest BCUT2D eigenvalue weighted by Gasteiger charge is -2.36. The van der Waals surface area contributed by atoms with Gasteiger partial charge in [-0.25, -0.2) is 4.98 Å². The third-order valence-corrected chi connectivity index (χ3v) is 4.36. The second-order valence-electron chi connectivity index (χ2n) is 4.52. The normalized spacial score (nSPS) is 15.4. The van der Waals surface area contributed by atoms with Gasteiger partial charge in [0.1, 0.15) is 10.7 Å². The van der Waals surface area contributed by atoms with Crippen LogP contribution in [-0.4, -0.2) is 41.1 Å². The molecular weight excluding hydrogens is 290 g/mol. The number of aromatic nitrogens is 2. The zero-order valence-electron chi connectivity index (χ0n) is 10.9. The molecule has 1 saturated heterocycles. The highest BCUT2D eigenvalue weighted by Crippen LogP contribution is 2.23. The van der Waals surface area contributed by atoms with Crippen molar-refractivity contribution in [2.45, 2.75) is 0 Å². The number of anilines is 2. The predicted octanol–water partition coefficient (Wildman–Crippen LogP) is 1.50. The minimum atomic E-state index is 0.350. The van der Waals surface area contributed by atoms with E-state index in [0.29, 0.717) is 10.7 Å². The Labute approximate surface area is 127 Å². The molecule has 7 heteroatoms. The van der Waals surface area contributed by atoms with E-state index < -0.39 is 0 Å². The lowest BCUT2D eigenvalue weighted by molar-refractivity contribution is 0.651. The van der Waals surface area contributed by atoms with Gasteiger partial charge in [0.25, 0.3) is 0 Å². The quantitative estimate of drug-likeness (QED) is 0.867. The molecule has 20 heavy (non-hydrogen) atoms. The standard InChI is InChI=1S/C13H15N5S2/c14-12(19)11-10(2-1-3-15-11)17-5-7-18(8-6-17)13-16-4-9-20-13/h1-4,9H,5-8H2,(H2,14,19). The van der Waals surface area contributed by atoms with Crippen LogP contribution in [0.15, 0.2) is 29.9 Å². The van der Waals surface area contributed by atoms with E-state index in [0.717, 1.165) is 37.0 Å². The lowest BCUT2D eigenvalue weighted by atomic mass is 10.2. The van der Waals surface area contributed by atoms with Gasteiger partial charge in [0, 0.05) is 44.0 Å². The molecule has 1 aliphatic heterocycles. The number of thiocarbonyl (C=S) groups is 1. The number of nitrogens with zero attached hydrogens (tertiary/aromatic N) is 4. The molecule has 1 aliphatic rings. The first-order valence-corrected chi connectivity index (χ1v) is 7.68. The molecule has 0 atom stereocenters. The molecule has 0 saturated carbocycles. The van der Waals surface area contributed by atoms with E-state index in [1.165, 1.54) is 0 Å². The Balaban J connectivity index is 1.74. The second-order valence-corrected chi connectivity index (χ2v) is 5.84. The highest BCUT2D eigenvalue weighted by Gasteiger charge is 2.21. The fraction of sp³-hybridized carbons (Fsp3) is 0.308. The van der Waals surface area contributed by atoms with Crippen LogP contribution < -0.4 is 15.5 Å². The van der Waals surface area contributed by atoms with E-state index in [9.17, 15) is 0 Å². The molecule has 0 bridgehead atoms. The third-order valence-electron chi connectivity index (χ3n) is 3.33. The molecule has 2 aromatic heterocycles. The number of piperazine rings is 1. The maximum atomic E-state index is 5.75. The first-order chi connectivity index (χ1) is 9.75. The average Bonchev–Trinajstić information content (AvgIpc) is 3.02. The summed E-state index contributed by atoms with van der Waals surface area (Å²) >= 11 is 6.75. The van der Waals surface area contributed by atoms with Crippen LogP contribution in [0.3, 0.4) is 0 Å². The molecule has 0 spiro atoms. The average molecular weight is 305 g/mol. The zero-order valence-corrected chi connectivity index (χ0v) is 12.5. The molecule has 0 aliphatic carbocycles. The largest absolute Gasteiger partial charge is 0.388 e. The number of rotatable bonds is 3. The van der Waals surface area contributed by atoms with Gasteiger partial charge in [0.05, 0.1) is 5.69 Å². The maximum Gasteiger partial charge on any atom is 0.185 e. The summed E-state index contributed by atoms with van der Waals surface area (Å²) in [4.78, 5) is 13.6. The lowest BCUT2D eigenvalue weighted by Crippen LogP contribution is -2.47. The summed E-state index contributed by atoms with van der Waals surface area (Å²) in [6.45, 7) is 3.72. The Kier molecular flexibility index (Phi) is 3.79. The molecule has 3 rings (SSSR count). The van der Waals surface area contributed by atoms with Gasteiger partial charge >= 0.3 is 0 Å². The van der Waals surface area contributed by atoms with Crippen molar-refractivity contribution in [3.05, 3.63) is 35.6 Å². The maximum absolute atomic E-state index is 5.75. The fourth-order valence-corrected chi connectivity index (χ4v) is 3.21. The first-order valence-electron chi connectivity index (χ1n) is 6.40. The number of pyridine rings is 1.